The monoisotopic (exact) mass is 275 g/mol. The molecule has 18 heavy (non-hydrogen) atoms. The third kappa shape index (κ3) is 4.71. The summed E-state index contributed by atoms with van der Waals surface area (Å²) in [7, 11) is -4.16. The van der Waals surface area contributed by atoms with Gasteiger partial charge in [-0.3, -0.25) is 9.45 Å². The maximum Gasteiger partial charge on any atom is 0.294 e. The van der Waals surface area contributed by atoms with Crippen LogP contribution in [0.25, 0.3) is 0 Å². The zero-order chi connectivity index (χ0) is 13.6. The summed E-state index contributed by atoms with van der Waals surface area (Å²) in [5.74, 6) is 0. The van der Waals surface area contributed by atoms with Gasteiger partial charge in [0.1, 0.15) is 0 Å². The molecule has 0 fully saturated rings. The molecule has 0 aliphatic rings. The van der Waals surface area contributed by atoms with Crippen molar-refractivity contribution in [2.24, 2.45) is 0 Å². The van der Waals surface area contributed by atoms with Crippen LogP contribution in [0.1, 0.15) is 5.56 Å². The molecule has 0 spiro atoms. The van der Waals surface area contributed by atoms with Gasteiger partial charge in [-0.05, 0) is 17.7 Å². The second-order valence-electron chi connectivity index (χ2n) is 3.84. The molecule has 1 aromatic rings. The van der Waals surface area contributed by atoms with Crippen molar-refractivity contribution in [1.82, 2.24) is 4.90 Å². The third-order valence-electron chi connectivity index (χ3n) is 2.46. The highest BCUT2D eigenvalue weighted by Crippen LogP contribution is 2.11. The summed E-state index contributed by atoms with van der Waals surface area (Å²) in [6.07, 6.45) is 0. The Morgan fingerprint density at radius 2 is 1.50 bits per heavy atom. The molecule has 1 aromatic carbocycles. The quantitative estimate of drug-likeness (QED) is 0.592. The predicted octanol–water partition coefficient (Wildman–Crippen LogP) is -0.280. The highest BCUT2D eigenvalue weighted by atomic mass is 32.2. The molecule has 0 aliphatic carbocycles. The Bertz CT molecular complexity index is 451. The number of aliphatic hydroxyl groups is 2. The first-order valence-electron chi connectivity index (χ1n) is 5.48. The highest BCUT2D eigenvalue weighted by molar-refractivity contribution is 7.85. The smallest absolute Gasteiger partial charge is 0.294 e. The van der Waals surface area contributed by atoms with Crippen LogP contribution in [0.4, 0.5) is 0 Å². The SMILES string of the molecule is O=S(=O)(O)c1ccc(CN(CCO)CCO)cc1. The fraction of sp³-hybridized carbons (Fsp3) is 0.455. The van der Waals surface area contributed by atoms with Crippen LogP contribution in [0, 0.1) is 0 Å². The normalized spacial score (nSPS) is 12.0. The summed E-state index contributed by atoms with van der Waals surface area (Å²) >= 11 is 0. The number of nitrogens with zero attached hydrogens (tertiary/aromatic N) is 1. The van der Waals surface area contributed by atoms with E-state index in [2.05, 4.69) is 0 Å². The highest BCUT2D eigenvalue weighted by Gasteiger charge is 2.10. The molecule has 3 N–H and O–H groups in total. The number of hydrogen-bond donors (Lipinski definition) is 3. The van der Waals surface area contributed by atoms with Crippen molar-refractivity contribution in [3.8, 4) is 0 Å². The first-order valence-corrected chi connectivity index (χ1v) is 6.92. The first kappa shape index (κ1) is 15.1. The van der Waals surface area contributed by atoms with E-state index < -0.39 is 10.1 Å². The Balaban J connectivity index is 2.73. The molecular formula is C11H17NO5S. The van der Waals surface area contributed by atoms with Gasteiger partial charge in [0.25, 0.3) is 10.1 Å². The van der Waals surface area contributed by atoms with Gasteiger partial charge in [0, 0.05) is 19.6 Å². The van der Waals surface area contributed by atoms with Crippen LogP contribution >= 0.6 is 0 Å². The van der Waals surface area contributed by atoms with Crippen molar-refractivity contribution < 1.29 is 23.2 Å². The van der Waals surface area contributed by atoms with Gasteiger partial charge in [-0.1, -0.05) is 12.1 Å². The Morgan fingerprint density at radius 1 is 1.00 bits per heavy atom. The maximum atomic E-state index is 10.9. The zero-order valence-electron chi connectivity index (χ0n) is 9.86. The summed E-state index contributed by atoms with van der Waals surface area (Å²) in [6.45, 7) is 1.33. The topological polar surface area (TPSA) is 98.1 Å². The van der Waals surface area contributed by atoms with Crippen molar-refractivity contribution in [3.05, 3.63) is 29.8 Å². The number of hydrogen-bond acceptors (Lipinski definition) is 5. The van der Waals surface area contributed by atoms with E-state index in [0.29, 0.717) is 19.6 Å². The minimum absolute atomic E-state index is 0.0108. The lowest BCUT2D eigenvalue weighted by Gasteiger charge is -2.20. The second kappa shape index (κ2) is 6.81. The van der Waals surface area contributed by atoms with E-state index in [0.717, 1.165) is 5.56 Å². The van der Waals surface area contributed by atoms with Gasteiger partial charge < -0.3 is 10.2 Å². The molecule has 102 valence electrons. The fourth-order valence-electron chi connectivity index (χ4n) is 1.58. The third-order valence-corrected chi connectivity index (χ3v) is 3.33. The van der Waals surface area contributed by atoms with E-state index in [-0.39, 0.29) is 18.1 Å². The molecule has 0 amide bonds. The van der Waals surface area contributed by atoms with Crippen molar-refractivity contribution in [3.63, 3.8) is 0 Å². The summed E-state index contributed by atoms with van der Waals surface area (Å²) < 4.78 is 30.5. The Hall–Kier alpha value is -0.990. The summed E-state index contributed by atoms with van der Waals surface area (Å²) in [4.78, 5) is 1.68. The van der Waals surface area contributed by atoms with E-state index in [1.807, 2.05) is 4.90 Å². The average Bonchev–Trinajstić information content (AvgIpc) is 2.29. The van der Waals surface area contributed by atoms with Gasteiger partial charge in [0.2, 0.25) is 0 Å². The minimum Gasteiger partial charge on any atom is -0.395 e. The van der Waals surface area contributed by atoms with Crippen molar-refractivity contribution in [2.45, 2.75) is 11.4 Å². The molecule has 0 saturated heterocycles. The molecule has 0 bridgehead atoms. The molecular weight excluding hydrogens is 258 g/mol. The number of benzene rings is 1. The standard InChI is InChI=1S/C11H17NO5S/c13-7-5-12(6-8-14)9-10-1-3-11(4-2-10)18(15,16)17/h1-4,13-14H,5-9H2,(H,15,16,17). The lowest BCUT2D eigenvalue weighted by molar-refractivity contribution is 0.156. The van der Waals surface area contributed by atoms with Crippen molar-refractivity contribution >= 4 is 10.1 Å². The molecule has 0 radical (unpaired) electrons. The molecule has 0 saturated carbocycles. The maximum absolute atomic E-state index is 10.9. The molecule has 7 heteroatoms. The van der Waals surface area contributed by atoms with Crippen molar-refractivity contribution in [1.29, 1.82) is 0 Å². The summed E-state index contributed by atoms with van der Waals surface area (Å²) in [6, 6.07) is 5.82. The average molecular weight is 275 g/mol. The van der Waals surface area contributed by atoms with Gasteiger partial charge >= 0.3 is 0 Å². The molecule has 6 nitrogen and oxygen atoms in total. The molecule has 0 heterocycles. The lowest BCUT2D eigenvalue weighted by atomic mass is 10.2. The van der Waals surface area contributed by atoms with Crippen LogP contribution in [0.5, 0.6) is 0 Å². The number of aliphatic hydroxyl groups excluding tert-OH is 2. The predicted molar refractivity (Wildman–Crippen MR) is 65.7 cm³/mol. The van der Waals surface area contributed by atoms with Crippen LogP contribution in [0.3, 0.4) is 0 Å². The minimum atomic E-state index is -4.16. The fourth-order valence-corrected chi connectivity index (χ4v) is 2.06. The van der Waals surface area contributed by atoms with Crippen molar-refractivity contribution in [2.75, 3.05) is 26.3 Å². The summed E-state index contributed by atoms with van der Waals surface area (Å²) in [5.41, 5.74) is 0.837. The van der Waals surface area contributed by atoms with Gasteiger partial charge in [0.05, 0.1) is 18.1 Å². The Labute approximate surface area is 106 Å². The second-order valence-corrected chi connectivity index (χ2v) is 5.26. The van der Waals surface area contributed by atoms with Crippen LogP contribution < -0.4 is 0 Å². The van der Waals surface area contributed by atoms with E-state index in [9.17, 15) is 8.42 Å². The lowest BCUT2D eigenvalue weighted by Crippen LogP contribution is -2.29. The van der Waals surface area contributed by atoms with Crippen LogP contribution in [-0.2, 0) is 16.7 Å². The van der Waals surface area contributed by atoms with E-state index in [4.69, 9.17) is 14.8 Å². The van der Waals surface area contributed by atoms with E-state index in [1.165, 1.54) is 12.1 Å². The van der Waals surface area contributed by atoms with Gasteiger partial charge in [-0.25, -0.2) is 0 Å². The number of rotatable bonds is 7. The van der Waals surface area contributed by atoms with Crippen LogP contribution in [0.2, 0.25) is 0 Å². The van der Waals surface area contributed by atoms with E-state index in [1.54, 1.807) is 12.1 Å². The van der Waals surface area contributed by atoms with Crippen LogP contribution in [-0.4, -0.2) is 54.4 Å². The molecule has 1 rings (SSSR count). The molecule has 0 aliphatic heterocycles. The van der Waals surface area contributed by atoms with E-state index >= 15 is 0 Å². The largest absolute Gasteiger partial charge is 0.395 e. The Kier molecular flexibility index (Phi) is 5.70. The summed E-state index contributed by atoms with van der Waals surface area (Å²) in [5, 5.41) is 17.7. The Morgan fingerprint density at radius 3 is 1.89 bits per heavy atom. The zero-order valence-corrected chi connectivity index (χ0v) is 10.7. The van der Waals surface area contributed by atoms with Crippen LogP contribution in [0.15, 0.2) is 29.2 Å². The van der Waals surface area contributed by atoms with Gasteiger partial charge in [-0.15, -0.1) is 0 Å². The molecule has 0 atom stereocenters. The molecule has 0 unspecified atom stereocenters. The first-order chi connectivity index (χ1) is 8.47. The van der Waals surface area contributed by atoms with Gasteiger partial charge in [-0.2, -0.15) is 8.42 Å². The van der Waals surface area contributed by atoms with Gasteiger partial charge in [0.15, 0.2) is 0 Å². The molecule has 0 aromatic heterocycles.